The Bertz CT molecular complexity index is 844. The molecule has 2 aromatic rings. The van der Waals surface area contributed by atoms with Gasteiger partial charge in [0, 0.05) is 35.1 Å². The first kappa shape index (κ1) is 19.6. The molecule has 0 saturated carbocycles. The Morgan fingerprint density at radius 2 is 2.11 bits per heavy atom. The van der Waals surface area contributed by atoms with Crippen molar-refractivity contribution in [3.63, 3.8) is 0 Å². The molecule has 1 aliphatic heterocycles. The number of ether oxygens (including phenoxy) is 1. The molecule has 1 aliphatic rings. The Kier molecular flexibility index (Phi) is 6.63. The highest BCUT2D eigenvalue weighted by molar-refractivity contribution is 7.99. The van der Waals surface area contributed by atoms with Crippen LogP contribution in [0.15, 0.2) is 47.4 Å². The summed E-state index contributed by atoms with van der Waals surface area (Å²) in [6.45, 7) is 3.22. The molecule has 2 amide bonds. The fraction of sp³-hybridized carbons (Fsp3) is 0.300. The Morgan fingerprint density at radius 1 is 1.30 bits per heavy atom. The number of fused-ring (bicyclic) bond motifs is 1. The second kappa shape index (κ2) is 9.15. The smallest absolute Gasteiger partial charge is 0.260 e. The van der Waals surface area contributed by atoms with Gasteiger partial charge in [-0.15, -0.1) is 11.8 Å². The van der Waals surface area contributed by atoms with Crippen LogP contribution in [0.4, 0.5) is 0 Å². The van der Waals surface area contributed by atoms with E-state index in [0.29, 0.717) is 36.0 Å². The Hall–Kier alpha value is -2.18. The van der Waals surface area contributed by atoms with E-state index >= 15 is 0 Å². The third-order valence-corrected chi connectivity index (χ3v) is 5.38. The quantitative estimate of drug-likeness (QED) is 0.747. The van der Waals surface area contributed by atoms with Crippen LogP contribution in [-0.2, 0) is 11.3 Å². The van der Waals surface area contributed by atoms with E-state index in [1.807, 2.05) is 24.3 Å². The molecule has 0 unspecified atom stereocenters. The molecular formula is C20H21ClN2O3S. The maximum absolute atomic E-state index is 12.5. The van der Waals surface area contributed by atoms with Gasteiger partial charge in [-0.1, -0.05) is 30.7 Å². The molecule has 5 nitrogen and oxygen atoms in total. The van der Waals surface area contributed by atoms with Crippen LogP contribution in [0.3, 0.4) is 0 Å². The second-order valence-electron chi connectivity index (χ2n) is 6.04. The summed E-state index contributed by atoms with van der Waals surface area (Å²) < 4.78 is 5.55. The van der Waals surface area contributed by atoms with Gasteiger partial charge in [-0.3, -0.25) is 9.59 Å². The van der Waals surface area contributed by atoms with Crippen LogP contribution in [0.1, 0.15) is 22.8 Å². The summed E-state index contributed by atoms with van der Waals surface area (Å²) in [6, 6.07) is 12.9. The summed E-state index contributed by atoms with van der Waals surface area (Å²) in [5.74, 6) is 1.32. The minimum Gasteiger partial charge on any atom is -0.483 e. The van der Waals surface area contributed by atoms with Crippen LogP contribution in [0.5, 0.6) is 5.75 Å². The largest absolute Gasteiger partial charge is 0.483 e. The molecule has 2 aromatic carbocycles. The zero-order valence-corrected chi connectivity index (χ0v) is 16.6. The molecule has 1 N–H and O–H groups in total. The second-order valence-corrected chi connectivity index (χ2v) is 7.78. The average molecular weight is 405 g/mol. The third kappa shape index (κ3) is 4.96. The van der Waals surface area contributed by atoms with Crippen molar-refractivity contribution in [3.8, 4) is 5.75 Å². The van der Waals surface area contributed by atoms with Gasteiger partial charge in [0.05, 0.1) is 5.56 Å². The van der Waals surface area contributed by atoms with Crippen molar-refractivity contribution in [2.75, 3.05) is 25.4 Å². The molecule has 142 valence electrons. The Balaban J connectivity index is 1.61. The summed E-state index contributed by atoms with van der Waals surface area (Å²) in [4.78, 5) is 27.4. The van der Waals surface area contributed by atoms with Gasteiger partial charge in [-0.05, 0) is 36.1 Å². The van der Waals surface area contributed by atoms with Gasteiger partial charge in [0.25, 0.3) is 11.8 Å². The van der Waals surface area contributed by atoms with E-state index in [2.05, 4.69) is 12.2 Å². The van der Waals surface area contributed by atoms with E-state index < -0.39 is 0 Å². The average Bonchev–Trinajstić information content (AvgIpc) is 2.81. The van der Waals surface area contributed by atoms with Crippen molar-refractivity contribution < 1.29 is 14.3 Å². The highest BCUT2D eigenvalue weighted by atomic mass is 35.5. The minimum atomic E-state index is -0.131. The van der Waals surface area contributed by atoms with E-state index in [1.165, 1.54) is 0 Å². The zero-order chi connectivity index (χ0) is 19.2. The molecule has 3 rings (SSSR count). The van der Waals surface area contributed by atoms with Gasteiger partial charge >= 0.3 is 0 Å². The lowest BCUT2D eigenvalue weighted by Crippen LogP contribution is -2.39. The number of nitrogens with zero attached hydrogens (tertiary/aromatic N) is 1. The van der Waals surface area contributed by atoms with Crippen molar-refractivity contribution in [2.45, 2.75) is 18.4 Å². The highest BCUT2D eigenvalue weighted by Crippen LogP contribution is 2.26. The number of hydrogen-bond acceptors (Lipinski definition) is 4. The molecule has 0 aromatic heterocycles. The minimum absolute atomic E-state index is 0.0153. The first-order chi connectivity index (χ1) is 13.1. The van der Waals surface area contributed by atoms with E-state index in [-0.39, 0.29) is 18.4 Å². The van der Waals surface area contributed by atoms with Crippen LogP contribution in [-0.4, -0.2) is 42.2 Å². The fourth-order valence-corrected chi connectivity index (χ4v) is 3.87. The van der Waals surface area contributed by atoms with Crippen LogP contribution in [0, 0.1) is 0 Å². The molecule has 0 fully saturated rings. The molecule has 0 bridgehead atoms. The molecule has 27 heavy (non-hydrogen) atoms. The lowest BCUT2D eigenvalue weighted by Gasteiger charge is -2.20. The predicted molar refractivity (Wildman–Crippen MR) is 108 cm³/mol. The molecule has 1 heterocycles. The summed E-state index contributed by atoms with van der Waals surface area (Å²) >= 11 is 7.68. The number of nitrogens with one attached hydrogen (secondary N) is 1. The number of benzene rings is 2. The number of hydrogen-bond donors (Lipinski definition) is 1. The molecule has 0 saturated heterocycles. The van der Waals surface area contributed by atoms with E-state index in [4.69, 9.17) is 16.3 Å². The lowest BCUT2D eigenvalue weighted by molar-refractivity contribution is -0.133. The Morgan fingerprint density at radius 3 is 2.93 bits per heavy atom. The molecular weight excluding hydrogens is 384 g/mol. The normalized spacial score (nSPS) is 13.6. The first-order valence-electron chi connectivity index (χ1n) is 8.77. The lowest BCUT2D eigenvalue weighted by atomic mass is 10.2. The van der Waals surface area contributed by atoms with E-state index in [9.17, 15) is 9.59 Å². The monoisotopic (exact) mass is 404 g/mol. The standard InChI is InChI=1S/C20H21ClN2O3S/c1-2-27-18-6-4-3-5-16(18)20(25)22-9-10-23-12-14-11-15(21)7-8-17(14)26-13-19(23)24/h3-8,11H,2,9-10,12-13H2,1H3,(H,22,25). The molecule has 0 spiro atoms. The number of amides is 2. The van der Waals surface area contributed by atoms with E-state index in [1.54, 1.807) is 34.9 Å². The highest BCUT2D eigenvalue weighted by Gasteiger charge is 2.21. The molecule has 7 heteroatoms. The third-order valence-electron chi connectivity index (χ3n) is 4.19. The van der Waals surface area contributed by atoms with Crippen LogP contribution in [0.2, 0.25) is 5.02 Å². The SMILES string of the molecule is CCSc1ccccc1C(=O)NCCN1Cc2cc(Cl)ccc2OCC1=O. The van der Waals surface area contributed by atoms with Crippen molar-refractivity contribution >= 4 is 35.2 Å². The number of thioether (sulfide) groups is 1. The van der Waals surface area contributed by atoms with Gasteiger partial charge < -0.3 is 15.0 Å². The van der Waals surface area contributed by atoms with Crippen LogP contribution in [0.25, 0.3) is 0 Å². The number of carbonyl (C=O) groups is 2. The van der Waals surface area contributed by atoms with Crippen molar-refractivity contribution in [1.29, 1.82) is 0 Å². The molecule has 0 atom stereocenters. The maximum atomic E-state index is 12.5. The van der Waals surface area contributed by atoms with Crippen LogP contribution < -0.4 is 10.1 Å². The van der Waals surface area contributed by atoms with Crippen molar-refractivity contribution in [1.82, 2.24) is 10.2 Å². The van der Waals surface area contributed by atoms with Gasteiger partial charge in [0.15, 0.2) is 6.61 Å². The fourth-order valence-electron chi connectivity index (χ4n) is 2.88. The predicted octanol–water partition coefficient (Wildman–Crippen LogP) is 3.60. The maximum Gasteiger partial charge on any atom is 0.260 e. The van der Waals surface area contributed by atoms with E-state index in [0.717, 1.165) is 16.2 Å². The topological polar surface area (TPSA) is 58.6 Å². The molecule has 0 radical (unpaired) electrons. The first-order valence-corrected chi connectivity index (χ1v) is 10.1. The summed E-state index contributed by atoms with van der Waals surface area (Å²) in [5.41, 5.74) is 1.52. The Labute approximate surface area is 168 Å². The van der Waals surface area contributed by atoms with Crippen LogP contribution >= 0.6 is 23.4 Å². The summed E-state index contributed by atoms with van der Waals surface area (Å²) in [7, 11) is 0. The summed E-state index contributed by atoms with van der Waals surface area (Å²) in [5, 5.41) is 3.51. The number of halogens is 1. The molecule has 0 aliphatic carbocycles. The van der Waals surface area contributed by atoms with Gasteiger partial charge in [-0.2, -0.15) is 0 Å². The number of carbonyl (C=O) groups excluding carboxylic acids is 2. The van der Waals surface area contributed by atoms with Crippen molar-refractivity contribution in [2.24, 2.45) is 0 Å². The van der Waals surface area contributed by atoms with Gasteiger partial charge in [0.2, 0.25) is 0 Å². The number of rotatable bonds is 6. The van der Waals surface area contributed by atoms with Gasteiger partial charge in [-0.25, -0.2) is 0 Å². The van der Waals surface area contributed by atoms with Crippen molar-refractivity contribution in [3.05, 3.63) is 58.6 Å². The summed E-state index contributed by atoms with van der Waals surface area (Å²) in [6.07, 6.45) is 0. The zero-order valence-electron chi connectivity index (χ0n) is 15.0. The van der Waals surface area contributed by atoms with Gasteiger partial charge in [0.1, 0.15) is 5.75 Å².